The number of carbonyl (C=O) groups excluding carboxylic acids is 2. The molecule has 0 radical (unpaired) electrons. The molecular weight excluding hydrogens is 455 g/mol. The van der Waals surface area contributed by atoms with Gasteiger partial charge in [0.05, 0.1) is 0 Å². The van der Waals surface area contributed by atoms with E-state index in [0.717, 1.165) is 35.3 Å². The molecule has 1 unspecified atom stereocenters. The lowest BCUT2D eigenvalue weighted by molar-refractivity contribution is -0.133. The molecule has 0 saturated carbocycles. The maximum Gasteiger partial charge on any atom is 0.222 e. The Morgan fingerprint density at radius 2 is 1.61 bits per heavy atom. The smallest absolute Gasteiger partial charge is 0.222 e. The first-order chi connectivity index (χ1) is 17.5. The van der Waals surface area contributed by atoms with Crippen LogP contribution in [0.4, 0.5) is 4.39 Å². The van der Waals surface area contributed by atoms with Gasteiger partial charge in [-0.1, -0.05) is 54.6 Å². The van der Waals surface area contributed by atoms with E-state index in [2.05, 4.69) is 0 Å². The number of hydrogen-bond acceptors (Lipinski definition) is 3. The summed E-state index contributed by atoms with van der Waals surface area (Å²) in [5.74, 6) is 0.139. The van der Waals surface area contributed by atoms with Crippen molar-refractivity contribution in [2.45, 2.75) is 38.7 Å². The molecule has 1 heterocycles. The van der Waals surface area contributed by atoms with Crippen molar-refractivity contribution in [3.05, 3.63) is 101 Å². The van der Waals surface area contributed by atoms with Crippen LogP contribution in [0.15, 0.2) is 78.9 Å². The molecule has 0 bridgehead atoms. The van der Waals surface area contributed by atoms with Gasteiger partial charge in [0.1, 0.15) is 18.2 Å². The summed E-state index contributed by atoms with van der Waals surface area (Å²) in [6.45, 7) is 1.73. The SMILES string of the molecule is NC(=O)C(Cc1ccc(OCc2ccccc2)cc1)C1CCN(C(=O)CCc2cccc(F)c2)CC1. The zero-order valence-electron chi connectivity index (χ0n) is 20.4. The Balaban J connectivity index is 1.26. The maximum absolute atomic E-state index is 13.4. The highest BCUT2D eigenvalue weighted by molar-refractivity contribution is 5.78. The first-order valence-corrected chi connectivity index (χ1v) is 12.5. The minimum absolute atomic E-state index is 0.0689. The molecular formula is C30H33FN2O3. The predicted octanol–water partition coefficient (Wildman–Crippen LogP) is 4.92. The summed E-state index contributed by atoms with van der Waals surface area (Å²) in [6.07, 6.45) is 2.94. The zero-order chi connectivity index (χ0) is 25.3. The third kappa shape index (κ3) is 7.17. The fourth-order valence-corrected chi connectivity index (χ4v) is 4.87. The average molecular weight is 489 g/mol. The Morgan fingerprint density at radius 3 is 2.28 bits per heavy atom. The fourth-order valence-electron chi connectivity index (χ4n) is 4.87. The first-order valence-electron chi connectivity index (χ1n) is 12.5. The largest absolute Gasteiger partial charge is 0.489 e. The van der Waals surface area contributed by atoms with Gasteiger partial charge in [-0.3, -0.25) is 9.59 Å². The standard InChI is InChI=1S/C30H33FN2O3/c31-26-8-4-7-22(19-26)11-14-29(34)33-17-15-25(16-18-33)28(30(32)35)20-23-9-12-27(13-10-23)36-21-24-5-2-1-3-6-24/h1-10,12-13,19,25,28H,11,14-18,20-21H2,(H2,32,35). The molecule has 5 nitrogen and oxygen atoms in total. The van der Waals surface area contributed by atoms with Crippen LogP contribution in [-0.2, 0) is 29.0 Å². The molecule has 3 aromatic carbocycles. The van der Waals surface area contributed by atoms with E-state index in [9.17, 15) is 14.0 Å². The second-order valence-corrected chi connectivity index (χ2v) is 9.48. The van der Waals surface area contributed by atoms with Crippen molar-refractivity contribution in [3.8, 4) is 5.75 Å². The normalized spacial score (nSPS) is 14.9. The van der Waals surface area contributed by atoms with Crippen molar-refractivity contribution < 1.29 is 18.7 Å². The fraction of sp³-hybridized carbons (Fsp3) is 0.333. The monoisotopic (exact) mass is 488 g/mol. The molecule has 6 heteroatoms. The number of benzene rings is 3. The Labute approximate surface area is 212 Å². The number of aryl methyl sites for hydroxylation is 1. The molecule has 1 aliphatic rings. The second-order valence-electron chi connectivity index (χ2n) is 9.48. The summed E-state index contributed by atoms with van der Waals surface area (Å²) >= 11 is 0. The molecule has 1 saturated heterocycles. The number of likely N-dealkylation sites (tertiary alicyclic amines) is 1. The van der Waals surface area contributed by atoms with Gasteiger partial charge in [-0.25, -0.2) is 4.39 Å². The number of carbonyl (C=O) groups is 2. The quantitative estimate of drug-likeness (QED) is 0.440. The number of piperidine rings is 1. The van der Waals surface area contributed by atoms with Crippen molar-refractivity contribution >= 4 is 11.8 Å². The molecule has 4 rings (SSSR count). The van der Waals surface area contributed by atoms with Gasteiger partial charge in [-0.2, -0.15) is 0 Å². The molecule has 2 N–H and O–H groups in total. The lowest BCUT2D eigenvalue weighted by Crippen LogP contribution is -2.43. The maximum atomic E-state index is 13.4. The molecule has 0 spiro atoms. The van der Waals surface area contributed by atoms with Crippen LogP contribution >= 0.6 is 0 Å². The van der Waals surface area contributed by atoms with E-state index in [4.69, 9.17) is 10.5 Å². The molecule has 0 aliphatic carbocycles. The van der Waals surface area contributed by atoms with Crippen LogP contribution in [0, 0.1) is 17.7 Å². The van der Waals surface area contributed by atoms with Gasteiger partial charge in [0, 0.05) is 25.4 Å². The Hall–Kier alpha value is -3.67. The van der Waals surface area contributed by atoms with Crippen LogP contribution in [0.25, 0.3) is 0 Å². The number of nitrogens with zero attached hydrogens (tertiary/aromatic N) is 1. The molecule has 188 valence electrons. The highest BCUT2D eigenvalue weighted by atomic mass is 19.1. The second kappa shape index (κ2) is 12.3. The molecule has 1 aliphatic heterocycles. The lowest BCUT2D eigenvalue weighted by atomic mass is 9.80. The van der Waals surface area contributed by atoms with Crippen molar-refractivity contribution in [3.63, 3.8) is 0 Å². The summed E-state index contributed by atoms with van der Waals surface area (Å²) in [6, 6.07) is 24.2. The molecule has 0 aromatic heterocycles. The van der Waals surface area contributed by atoms with Gasteiger partial charge in [-0.15, -0.1) is 0 Å². The third-order valence-corrected chi connectivity index (χ3v) is 6.97. The number of ether oxygens (including phenoxy) is 1. The number of primary amides is 1. The van der Waals surface area contributed by atoms with Gasteiger partial charge >= 0.3 is 0 Å². The van der Waals surface area contributed by atoms with Gasteiger partial charge in [0.15, 0.2) is 0 Å². The third-order valence-electron chi connectivity index (χ3n) is 6.97. The van der Waals surface area contributed by atoms with E-state index in [1.54, 1.807) is 6.07 Å². The zero-order valence-corrected chi connectivity index (χ0v) is 20.4. The van der Waals surface area contributed by atoms with Gasteiger partial charge in [-0.05, 0) is 72.6 Å². The minimum Gasteiger partial charge on any atom is -0.489 e. The van der Waals surface area contributed by atoms with E-state index in [0.29, 0.717) is 39.0 Å². The molecule has 1 fully saturated rings. The summed E-state index contributed by atoms with van der Waals surface area (Å²) in [5, 5.41) is 0. The van der Waals surface area contributed by atoms with Gasteiger partial charge < -0.3 is 15.4 Å². The Bertz CT molecular complexity index is 1140. The molecule has 3 aromatic rings. The van der Waals surface area contributed by atoms with E-state index >= 15 is 0 Å². The Kier molecular flexibility index (Phi) is 8.71. The number of rotatable bonds is 10. The lowest BCUT2D eigenvalue weighted by Gasteiger charge is -2.35. The van der Waals surface area contributed by atoms with Crippen molar-refractivity contribution in [2.75, 3.05) is 13.1 Å². The van der Waals surface area contributed by atoms with E-state index in [-0.39, 0.29) is 29.5 Å². The topological polar surface area (TPSA) is 72.6 Å². The summed E-state index contributed by atoms with van der Waals surface area (Å²) < 4.78 is 19.2. The van der Waals surface area contributed by atoms with Crippen LogP contribution in [-0.4, -0.2) is 29.8 Å². The van der Waals surface area contributed by atoms with Crippen molar-refractivity contribution in [1.29, 1.82) is 0 Å². The first kappa shape index (κ1) is 25.4. The average Bonchev–Trinajstić information content (AvgIpc) is 2.90. The van der Waals surface area contributed by atoms with Crippen LogP contribution in [0.2, 0.25) is 0 Å². The summed E-state index contributed by atoms with van der Waals surface area (Å²) in [7, 11) is 0. The van der Waals surface area contributed by atoms with Gasteiger partial charge in [0.2, 0.25) is 11.8 Å². The van der Waals surface area contributed by atoms with E-state index < -0.39 is 0 Å². The van der Waals surface area contributed by atoms with Gasteiger partial charge in [0.25, 0.3) is 0 Å². The summed E-state index contributed by atoms with van der Waals surface area (Å²) in [4.78, 5) is 26.8. The number of halogens is 1. The van der Waals surface area contributed by atoms with Crippen LogP contribution in [0.5, 0.6) is 5.75 Å². The Morgan fingerprint density at radius 1 is 0.917 bits per heavy atom. The highest BCUT2D eigenvalue weighted by Crippen LogP contribution is 2.29. The molecule has 36 heavy (non-hydrogen) atoms. The molecule has 2 amide bonds. The summed E-state index contributed by atoms with van der Waals surface area (Å²) in [5.41, 5.74) is 8.77. The van der Waals surface area contributed by atoms with E-state index in [1.807, 2.05) is 65.6 Å². The number of hydrogen-bond donors (Lipinski definition) is 1. The van der Waals surface area contributed by atoms with Crippen molar-refractivity contribution in [2.24, 2.45) is 17.6 Å². The predicted molar refractivity (Wildman–Crippen MR) is 138 cm³/mol. The number of nitrogens with two attached hydrogens (primary N) is 1. The van der Waals surface area contributed by atoms with Crippen LogP contribution in [0.1, 0.15) is 36.0 Å². The van der Waals surface area contributed by atoms with E-state index in [1.165, 1.54) is 12.1 Å². The van der Waals surface area contributed by atoms with Crippen LogP contribution in [0.3, 0.4) is 0 Å². The minimum atomic E-state index is -0.296. The van der Waals surface area contributed by atoms with Crippen molar-refractivity contribution in [1.82, 2.24) is 4.90 Å². The number of amides is 2. The molecule has 1 atom stereocenters. The van der Waals surface area contributed by atoms with Crippen LogP contribution < -0.4 is 10.5 Å². The highest BCUT2D eigenvalue weighted by Gasteiger charge is 2.31.